The molecule has 218 valence electrons. The van der Waals surface area contributed by atoms with Crippen LogP contribution in [0.1, 0.15) is 5.56 Å². The van der Waals surface area contributed by atoms with Gasteiger partial charge in [0.1, 0.15) is 5.58 Å². The lowest BCUT2D eigenvalue weighted by molar-refractivity contribution is 0.667. The molecule has 0 saturated heterocycles. The second-order valence-corrected chi connectivity index (χ2v) is 13.1. The van der Waals surface area contributed by atoms with Gasteiger partial charge in [0.15, 0.2) is 5.58 Å². The molecule has 0 aliphatic heterocycles. The summed E-state index contributed by atoms with van der Waals surface area (Å²) in [6, 6.07) is 53.5. The van der Waals surface area contributed by atoms with E-state index in [1.807, 2.05) is 29.5 Å². The maximum absolute atomic E-state index is 9.81. The van der Waals surface area contributed by atoms with Crippen LogP contribution in [0, 0.1) is 11.3 Å². The van der Waals surface area contributed by atoms with Crippen molar-refractivity contribution < 1.29 is 4.42 Å². The van der Waals surface area contributed by atoms with E-state index in [4.69, 9.17) is 4.42 Å². The van der Waals surface area contributed by atoms with Crippen molar-refractivity contribution in [3.63, 3.8) is 0 Å². The van der Waals surface area contributed by atoms with E-state index < -0.39 is 0 Å². The highest BCUT2D eigenvalue weighted by atomic mass is 32.1. The van der Waals surface area contributed by atoms with Crippen molar-refractivity contribution in [2.45, 2.75) is 0 Å². The molecule has 0 atom stereocenters. The zero-order valence-corrected chi connectivity index (χ0v) is 25.9. The zero-order chi connectivity index (χ0) is 31.1. The van der Waals surface area contributed by atoms with Gasteiger partial charge in [0, 0.05) is 47.3 Å². The van der Waals surface area contributed by atoms with Crippen molar-refractivity contribution >= 4 is 75.3 Å². The second kappa shape index (κ2) is 9.92. The summed E-state index contributed by atoms with van der Waals surface area (Å²) in [7, 11) is 0. The number of nitrogens with zero attached hydrogens (tertiary/aromatic N) is 2. The quantitative estimate of drug-likeness (QED) is 0.198. The monoisotopic (exact) mass is 616 g/mol. The Morgan fingerprint density at radius 2 is 1.23 bits per heavy atom. The Balaban J connectivity index is 1.31. The van der Waals surface area contributed by atoms with E-state index in [9.17, 15) is 5.26 Å². The molecular weight excluding hydrogens is 593 g/mol. The Hall–Kier alpha value is -6.15. The molecule has 3 nitrogen and oxygen atoms in total. The minimum atomic E-state index is 0.628. The van der Waals surface area contributed by atoms with Crippen LogP contribution >= 0.6 is 11.3 Å². The Morgan fingerprint density at radius 3 is 2.13 bits per heavy atom. The third kappa shape index (κ3) is 3.78. The SMILES string of the molecule is N#Cc1ccc2c3ccccc3n(-c3cccc4c3oc3c(-c5ccccc5)ccc(-c5ccc6c(c5)sc5ccccc56)c34)c2c1. The summed E-state index contributed by atoms with van der Waals surface area (Å²) in [6.07, 6.45) is 0. The number of thiophene rings is 1. The summed E-state index contributed by atoms with van der Waals surface area (Å²) in [5.74, 6) is 0. The molecule has 0 radical (unpaired) electrons. The number of furan rings is 1. The van der Waals surface area contributed by atoms with E-state index in [2.05, 4.69) is 138 Å². The normalized spacial score (nSPS) is 11.8. The Bertz CT molecular complexity index is 2920. The average Bonchev–Trinajstić information content (AvgIpc) is 3.81. The molecule has 10 aromatic rings. The molecule has 0 spiro atoms. The lowest BCUT2D eigenvalue weighted by atomic mass is 9.94. The third-order valence-electron chi connectivity index (χ3n) is 9.44. The number of fused-ring (bicyclic) bond motifs is 9. The van der Waals surface area contributed by atoms with Crippen molar-refractivity contribution in [3.8, 4) is 34.0 Å². The molecule has 3 heterocycles. The Labute approximate surface area is 273 Å². The van der Waals surface area contributed by atoms with E-state index in [1.165, 1.54) is 20.2 Å². The molecule has 0 unspecified atom stereocenters. The number of benzene rings is 7. The van der Waals surface area contributed by atoms with E-state index >= 15 is 0 Å². The molecule has 0 fully saturated rings. The van der Waals surface area contributed by atoms with Crippen molar-refractivity contribution in [3.05, 3.63) is 151 Å². The van der Waals surface area contributed by atoms with Gasteiger partial charge in [-0.1, -0.05) is 103 Å². The van der Waals surface area contributed by atoms with Crippen LogP contribution < -0.4 is 0 Å². The Kier molecular flexibility index (Phi) is 5.51. The number of aromatic nitrogens is 1. The molecule has 10 rings (SSSR count). The van der Waals surface area contributed by atoms with Crippen LogP contribution in [-0.2, 0) is 0 Å². The third-order valence-corrected chi connectivity index (χ3v) is 10.6. The van der Waals surface area contributed by atoms with Gasteiger partial charge in [-0.25, -0.2) is 0 Å². The van der Waals surface area contributed by atoms with Gasteiger partial charge in [-0.05, 0) is 59.2 Å². The van der Waals surface area contributed by atoms with Crippen LogP contribution in [0.2, 0.25) is 0 Å². The van der Waals surface area contributed by atoms with Gasteiger partial charge in [0.2, 0.25) is 0 Å². The van der Waals surface area contributed by atoms with Crippen molar-refractivity contribution in [2.24, 2.45) is 0 Å². The summed E-state index contributed by atoms with van der Waals surface area (Å²) in [6.45, 7) is 0. The molecule has 47 heavy (non-hydrogen) atoms. The highest BCUT2D eigenvalue weighted by Gasteiger charge is 2.22. The summed E-state index contributed by atoms with van der Waals surface area (Å²) in [5.41, 5.74) is 9.80. The number of hydrogen-bond acceptors (Lipinski definition) is 3. The number of rotatable bonds is 3. The summed E-state index contributed by atoms with van der Waals surface area (Å²) >= 11 is 1.84. The first-order valence-corrected chi connectivity index (χ1v) is 16.5. The van der Waals surface area contributed by atoms with E-state index in [0.29, 0.717) is 5.56 Å². The molecular formula is C43H24N2OS. The second-order valence-electron chi connectivity index (χ2n) is 12.0. The average molecular weight is 617 g/mol. The molecule has 4 heteroatoms. The predicted octanol–water partition coefficient (Wildman–Crippen LogP) is 12.3. The molecule has 0 amide bonds. The fourth-order valence-corrected chi connectivity index (χ4v) is 8.49. The van der Waals surface area contributed by atoms with Gasteiger partial charge in [-0.2, -0.15) is 5.26 Å². The van der Waals surface area contributed by atoms with Crippen LogP contribution in [0.15, 0.2) is 150 Å². The molecule has 7 aromatic carbocycles. The van der Waals surface area contributed by atoms with Crippen LogP contribution in [0.4, 0.5) is 0 Å². The van der Waals surface area contributed by atoms with Gasteiger partial charge in [-0.3, -0.25) is 0 Å². The fraction of sp³-hybridized carbons (Fsp3) is 0. The van der Waals surface area contributed by atoms with E-state index in [1.54, 1.807) is 0 Å². The van der Waals surface area contributed by atoms with Crippen LogP contribution in [-0.4, -0.2) is 4.57 Å². The lowest BCUT2D eigenvalue weighted by Gasteiger charge is -2.09. The molecule has 3 aromatic heterocycles. The summed E-state index contributed by atoms with van der Waals surface area (Å²) in [5, 5.41) is 16.8. The van der Waals surface area contributed by atoms with Gasteiger partial charge in [0.05, 0.1) is 28.4 Å². The highest BCUT2D eigenvalue weighted by Crippen LogP contribution is 2.45. The van der Waals surface area contributed by atoms with Gasteiger partial charge >= 0.3 is 0 Å². The molecule has 0 saturated carbocycles. The van der Waals surface area contributed by atoms with Gasteiger partial charge < -0.3 is 8.98 Å². The maximum Gasteiger partial charge on any atom is 0.159 e. The summed E-state index contributed by atoms with van der Waals surface area (Å²) in [4.78, 5) is 0. The first kappa shape index (κ1) is 26.1. The largest absolute Gasteiger partial charge is 0.453 e. The minimum absolute atomic E-state index is 0.628. The van der Waals surface area contributed by atoms with Crippen LogP contribution in [0.5, 0.6) is 0 Å². The van der Waals surface area contributed by atoms with Crippen molar-refractivity contribution in [1.82, 2.24) is 4.57 Å². The smallest absolute Gasteiger partial charge is 0.159 e. The number of hydrogen-bond donors (Lipinski definition) is 0. The standard InChI is InChI=1S/C43H24N2OS/c44-25-26-17-19-32-31-11-4-6-14-36(31)45(38(32)23-26)37-15-8-13-35-41-29(21-22-30(43(41)46-42(35)37)27-9-2-1-3-10-27)28-18-20-34-33-12-5-7-16-39(33)47-40(34)24-28/h1-24H. The number of nitriles is 1. The highest BCUT2D eigenvalue weighted by molar-refractivity contribution is 7.25. The van der Waals surface area contributed by atoms with Crippen molar-refractivity contribution in [2.75, 3.05) is 0 Å². The van der Waals surface area contributed by atoms with Crippen molar-refractivity contribution in [1.29, 1.82) is 5.26 Å². The van der Waals surface area contributed by atoms with Crippen LogP contribution in [0.25, 0.3) is 91.9 Å². The maximum atomic E-state index is 9.81. The van der Waals surface area contributed by atoms with Gasteiger partial charge in [0.25, 0.3) is 0 Å². The zero-order valence-electron chi connectivity index (χ0n) is 25.1. The molecule has 0 bridgehead atoms. The first-order valence-electron chi connectivity index (χ1n) is 15.7. The minimum Gasteiger partial charge on any atom is -0.453 e. The van der Waals surface area contributed by atoms with Crippen LogP contribution in [0.3, 0.4) is 0 Å². The molecule has 0 N–H and O–H groups in total. The molecule has 0 aliphatic rings. The summed E-state index contributed by atoms with van der Waals surface area (Å²) < 4.78 is 11.9. The Morgan fingerprint density at radius 1 is 0.511 bits per heavy atom. The fourth-order valence-electron chi connectivity index (χ4n) is 7.34. The first-order chi connectivity index (χ1) is 23.3. The van der Waals surface area contributed by atoms with E-state index in [0.717, 1.165) is 71.7 Å². The van der Waals surface area contributed by atoms with Gasteiger partial charge in [-0.15, -0.1) is 11.3 Å². The number of para-hydroxylation sites is 2. The topological polar surface area (TPSA) is 41.9 Å². The predicted molar refractivity (Wildman–Crippen MR) is 197 cm³/mol. The van der Waals surface area contributed by atoms with E-state index in [-0.39, 0.29) is 0 Å². The molecule has 0 aliphatic carbocycles. The lowest BCUT2D eigenvalue weighted by Crippen LogP contribution is -1.94.